The summed E-state index contributed by atoms with van der Waals surface area (Å²) in [6.45, 7) is 2.07. The lowest BCUT2D eigenvalue weighted by Gasteiger charge is -2.13. The van der Waals surface area contributed by atoms with E-state index in [2.05, 4.69) is 13.0 Å². The summed E-state index contributed by atoms with van der Waals surface area (Å²) in [7, 11) is 0. The molecule has 0 amide bonds. The molecule has 1 fully saturated rings. The first-order valence-corrected chi connectivity index (χ1v) is 7.15. The number of furan rings is 1. The summed E-state index contributed by atoms with van der Waals surface area (Å²) in [4.78, 5) is 0. The Kier molecular flexibility index (Phi) is 2.89. The van der Waals surface area contributed by atoms with Gasteiger partial charge in [-0.15, -0.1) is 0 Å². The monoisotopic (exact) mass is 248 g/mol. The molecule has 1 aromatic heterocycles. The summed E-state index contributed by atoms with van der Waals surface area (Å²) < 4.78 is 5.74. The van der Waals surface area contributed by atoms with Crippen LogP contribution in [0.5, 0.6) is 0 Å². The summed E-state index contributed by atoms with van der Waals surface area (Å²) in [5, 5.41) is 11.4. The van der Waals surface area contributed by atoms with Gasteiger partial charge in [-0.1, -0.05) is 11.6 Å². The molecule has 1 aliphatic rings. The summed E-state index contributed by atoms with van der Waals surface area (Å²) in [6.07, 6.45) is 0.639. The van der Waals surface area contributed by atoms with Crippen LogP contribution in [0.4, 0.5) is 0 Å². The molecule has 1 saturated heterocycles. The normalized spacial score (nSPS) is 22.1. The van der Waals surface area contributed by atoms with E-state index in [1.165, 1.54) is 5.56 Å². The molecule has 2 unspecified atom stereocenters. The average Bonchev–Trinajstić information content (AvgIpc) is 2.96. The molecule has 1 aromatic carbocycles. The van der Waals surface area contributed by atoms with Crippen molar-refractivity contribution >= 4 is 22.7 Å². The first kappa shape index (κ1) is 11.2. The van der Waals surface area contributed by atoms with Gasteiger partial charge in [0.15, 0.2) is 0 Å². The molecule has 2 aromatic rings. The Labute approximate surface area is 105 Å². The number of aryl methyl sites for hydroxylation is 1. The SMILES string of the molecule is Cc1ccc2oc(C(O)C3CCSC3)cc2c1. The van der Waals surface area contributed by atoms with Gasteiger partial charge in [0, 0.05) is 11.3 Å². The summed E-state index contributed by atoms with van der Waals surface area (Å²) in [5.74, 6) is 3.26. The van der Waals surface area contributed by atoms with Crippen LogP contribution in [0.25, 0.3) is 11.0 Å². The highest BCUT2D eigenvalue weighted by atomic mass is 32.2. The number of aliphatic hydroxyl groups is 1. The molecule has 3 rings (SSSR count). The zero-order valence-corrected chi connectivity index (χ0v) is 10.7. The van der Waals surface area contributed by atoms with Crippen molar-refractivity contribution in [3.8, 4) is 0 Å². The van der Waals surface area contributed by atoms with Gasteiger partial charge in [0.2, 0.25) is 0 Å². The maximum atomic E-state index is 10.3. The molecule has 1 N–H and O–H groups in total. The molecular weight excluding hydrogens is 232 g/mol. The lowest BCUT2D eigenvalue weighted by atomic mass is 10.00. The minimum atomic E-state index is -0.447. The summed E-state index contributed by atoms with van der Waals surface area (Å²) in [5.41, 5.74) is 2.09. The zero-order valence-electron chi connectivity index (χ0n) is 9.85. The van der Waals surface area contributed by atoms with E-state index in [9.17, 15) is 5.11 Å². The predicted molar refractivity (Wildman–Crippen MR) is 71.3 cm³/mol. The third kappa shape index (κ3) is 2.09. The van der Waals surface area contributed by atoms with Crippen molar-refractivity contribution in [2.75, 3.05) is 11.5 Å². The van der Waals surface area contributed by atoms with Crippen molar-refractivity contribution < 1.29 is 9.52 Å². The van der Waals surface area contributed by atoms with Gasteiger partial charge in [0.1, 0.15) is 17.4 Å². The van der Waals surface area contributed by atoms with Crippen molar-refractivity contribution in [2.45, 2.75) is 19.4 Å². The van der Waals surface area contributed by atoms with Crippen LogP contribution in [0.15, 0.2) is 28.7 Å². The molecule has 2 nitrogen and oxygen atoms in total. The number of rotatable bonds is 2. The van der Waals surface area contributed by atoms with Crippen molar-refractivity contribution in [3.05, 3.63) is 35.6 Å². The molecule has 1 aliphatic heterocycles. The van der Waals surface area contributed by atoms with Crippen LogP contribution in [-0.4, -0.2) is 16.6 Å². The number of thioether (sulfide) groups is 1. The highest BCUT2D eigenvalue weighted by Crippen LogP contribution is 2.36. The van der Waals surface area contributed by atoms with Gasteiger partial charge in [-0.3, -0.25) is 0 Å². The Morgan fingerprint density at radius 3 is 3.06 bits per heavy atom. The molecule has 0 saturated carbocycles. The van der Waals surface area contributed by atoms with E-state index in [1.54, 1.807) is 0 Å². The smallest absolute Gasteiger partial charge is 0.134 e. The Morgan fingerprint density at radius 2 is 2.29 bits per heavy atom. The zero-order chi connectivity index (χ0) is 11.8. The quantitative estimate of drug-likeness (QED) is 0.882. The third-order valence-corrected chi connectivity index (χ3v) is 4.58. The van der Waals surface area contributed by atoms with Gasteiger partial charge in [-0.2, -0.15) is 11.8 Å². The van der Waals surface area contributed by atoms with Crippen molar-refractivity contribution in [1.82, 2.24) is 0 Å². The number of benzene rings is 1. The minimum Gasteiger partial charge on any atom is -0.458 e. The second-order valence-electron chi connectivity index (χ2n) is 4.76. The maximum Gasteiger partial charge on any atom is 0.134 e. The molecular formula is C14H16O2S. The molecule has 0 aliphatic carbocycles. The topological polar surface area (TPSA) is 33.4 Å². The molecule has 2 atom stereocenters. The second kappa shape index (κ2) is 4.39. The van der Waals surface area contributed by atoms with Crippen LogP contribution in [0.1, 0.15) is 23.8 Å². The van der Waals surface area contributed by atoms with E-state index in [-0.39, 0.29) is 0 Å². The molecule has 0 spiro atoms. The highest BCUT2D eigenvalue weighted by Gasteiger charge is 2.27. The van der Waals surface area contributed by atoms with Crippen molar-refractivity contribution in [2.24, 2.45) is 5.92 Å². The van der Waals surface area contributed by atoms with Gasteiger partial charge in [0.25, 0.3) is 0 Å². The maximum absolute atomic E-state index is 10.3. The van der Waals surface area contributed by atoms with Crippen LogP contribution in [0.3, 0.4) is 0 Å². The number of hydrogen-bond acceptors (Lipinski definition) is 3. The van der Waals surface area contributed by atoms with E-state index in [0.717, 1.165) is 34.7 Å². The van der Waals surface area contributed by atoms with E-state index in [4.69, 9.17) is 4.42 Å². The second-order valence-corrected chi connectivity index (χ2v) is 5.91. The lowest BCUT2D eigenvalue weighted by Crippen LogP contribution is -2.10. The summed E-state index contributed by atoms with van der Waals surface area (Å²) >= 11 is 1.91. The Balaban J connectivity index is 1.94. The Morgan fingerprint density at radius 1 is 1.41 bits per heavy atom. The Hall–Kier alpha value is -0.930. The highest BCUT2D eigenvalue weighted by molar-refractivity contribution is 7.99. The fourth-order valence-corrected chi connectivity index (χ4v) is 3.65. The van der Waals surface area contributed by atoms with Crippen LogP contribution >= 0.6 is 11.8 Å². The minimum absolute atomic E-state index is 0.349. The van der Waals surface area contributed by atoms with Crippen molar-refractivity contribution in [3.63, 3.8) is 0 Å². The average molecular weight is 248 g/mol. The number of fused-ring (bicyclic) bond motifs is 1. The van der Waals surface area contributed by atoms with Crippen LogP contribution in [0, 0.1) is 12.8 Å². The van der Waals surface area contributed by atoms with E-state index < -0.39 is 6.10 Å². The molecule has 2 heterocycles. The Bertz CT molecular complexity index is 526. The van der Waals surface area contributed by atoms with E-state index in [0.29, 0.717) is 5.92 Å². The van der Waals surface area contributed by atoms with E-state index >= 15 is 0 Å². The predicted octanol–water partition coefficient (Wildman–Crippen LogP) is 3.53. The third-order valence-electron chi connectivity index (χ3n) is 3.39. The number of aliphatic hydroxyl groups excluding tert-OH is 1. The molecule has 0 radical (unpaired) electrons. The van der Waals surface area contributed by atoms with Crippen LogP contribution in [-0.2, 0) is 0 Å². The molecule has 0 bridgehead atoms. The standard InChI is InChI=1S/C14H16O2S/c1-9-2-3-12-11(6-9)7-13(16-12)14(15)10-4-5-17-8-10/h2-3,6-7,10,14-15H,4-5,8H2,1H3. The molecule has 3 heteroatoms. The van der Waals surface area contributed by atoms with Gasteiger partial charge in [-0.05, 0) is 43.0 Å². The largest absolute Gasteiger partial charge is 0.458 e. The first-order valence-electron chi connectivity index (χ1n) is 6.00. The van der Waals surface area contributed by atoms with Gasteiger partial charge >= 0.3 is 0 Å². The van der Waals surface area contributed by atoms with Crippen LogP contribution in [0.2, 0.25) is 0 Å². The van der Waals surface area contributed by atoms with Gasteiger partial charge in [-0.25, -0.2) is 0 Å². The number of hydrogen-bond donors (Lipinski definition) is 1. The van der Waals surface area contributed by atoms with Gasteiger partial charge in [0.05, 0.1) is 0 Å². The van der Waals surface area contributed by atoms with Gasteiger partial charge < -0.3 is 9.52 Å². The van der Waals surface area contributed by atoms with Crippen molar-refractivity contribution in [1.29, 1.82) is 0 Å². The van der Waals surface area contributed by atoms with Crippen LogP contribution < -0.4 is 0 Å². The first-order chi connectivity index (χ1) is 8.24. The fourth-order valence-electron chi connectivity index (χ4n) is 2.36. The lowest BCUT2D eigenvalue weighted by molar-refractivity contribution is 0.0994. The summed E-state index contributed by atoms with van der Waals surface area (Å²) in [6, 6.07) is 8.09. The molecule has 17 heavy (non-hydrogen) atoms. The van der Waals surface area contributed by atoms with E-state index in [1.807, 2.05) is 30.0 Å². The molecule has 90 valence electrons. The fraction of sp³-hybridized carbons (Fsp3) is 0.429.